The highest BCUT2D eigenvalue weighted by Gasteiger charge is 2.30. The van der Waals surface area contributed by atoms with E-state index in [1.165, 1.54) is 11.6 Å². The lowest BCUT2D eigenvalue weighted by Gasteiger charge is -2.28. The molecule has 0 saturated carbocycles. The molecule has 0 radical (unpaired) electrons. The highest BCUT2D eigenvalue weighted by Crippen LogP contribution is 2.31. The molecule has 0 aliphatic carbocycles. The number of hydrogen-bond acceptors (Lipinski definition) is 5. The molecule has 196 valence electrons. The number of halogens is 1. The molecule has 1 heterocycles. The van der Waals surface area contributed by atoms with Gasteiger partial charge in [0.05, 0.1) is 18.3 Å². The zero-order valence-corrected chi connectivity index (χ0v) is 22.4. The summed E-state index contributed by atoms with van der Waals surface area (Å²) in [6.45, 7) is 3.70. The highest BCUT2D eigenvalue weighted by atomic mass is 19.1. The first-order chi connectivity index (χ1) is 17.6. The van der Waals surface area contributed by atoms with Gasteiger partial charge in [0.15, 0.2) is 6.23 Å². The first-order valence-corrected chi connectivity index (χ1v) is 12.7. The molecule has 6 nitrogen and oxygen atoms in total. The number of likely N-dealkylation sites (N-methyl/N-ethyl adjacent to an activating group) is 2. The van der Waals surface area contributed by atoms with Crippen LogP contribution >= 0.6 is 0 Å². The van der Waals surface area contributed by atoms with Crippen molar-refractivity contribution in [2.24, 2.45) is 0 Å². The Hall–Kier alpha value is -3.42. The lowest BCUT2D eigenvalue weighted by atomic mass is 10.0. The van der Waals surface area contributed by atoms with Crippen molar-refractivity contribution in [3.05, 3.63) is 83.7 Å². The van der Waals surface area contributed by atoms with E-state index >= 15 is 4.39 Å². The Kier molecular flexibility index (Phi) is 8.15. The van der Waals surface area contributed by atoms with Crippen molar-refractivity contribution in [3.63, 3.8) is 0 Å². The number of aliphatic hydroxyl groups excluding tert-OH is 1. The van der Waals surface area contributed by atoms with Crippen LogP contribution in [-0.4, -0.2) is 74.7 Å². The van der Waals surface area contributed by atoms with E-state index in [9.17, 15) is 9.90 Å². The van der Waals surface area contributed by atoms with Crippen LogP contribution in [0.25, 0.3) is 11.1 Å². The molecule has 1 amide bonds. The van der Waals surface area contributed by atoms with Gasteiger partial charge in [0.2, 0.25) is 5.91 Å². The first-order valence-electron chi connectivity index (χ1n) is 12.7. The van der Waals surface area contributed by atoms with Gasteiger partial charge in [-0.1, -0.05) is 54.1 Å². The summed E-state index contributed by atoms with van der Waals surface area (Å²) in [7, 11) is 7.32. The summed E-state index contributed by atoms with van der Waals surface area (Å²) in [5.74, 6) is -0.274. The maximum absolute atomic E-state index is 15.2. The Morgan fingerprint density at radius 3 is 2.22 bits per heavy atom. The van der Waals surface area contributed by atoms with Crippen LogP contribution in [0.3, 0.4) is 0 Å². The molecule has 1 unspecified atom stereocenters. The summed E-state index contributed by atoms with van der Waals surface area (Å²) in [4.78, 5) is 19.7. The predicted octanol–water partition coefficient (Wildman–Crippen LogP) is 4.53. The molecule has 1 saturated heterocycles. The first kappa shape index (κ1) is 26.6. The minimum atomic E-state index is -0.912. The molecule has 3 aromatic carbocycles. The smallest absolute Gasteiger partial charge is 0.236 e. The Morgan fingerprint density at radius 1 is 1.00 bits per heavy atom. The second kappa shape index (κ2) is 11.3. The molecule has 2 atom stereocenters. The van der Waals surface area contributed by atoms with E-state index in [4.69, 9.17) is 0 Å². The quantitative estimate of drug-likeness (QED) is 0.457. The third-order valence-corrected chi connectivity index (χ3v) is 7.20. The molecule has 1 aliphatic rings. The van der Waals surface area contributed by atoms with Gasteiger partial charge in [0.25, 0.3) is 0 Å². The van der Waals surface area contributed by atoms with Gasteiger partial charge in [0, 0.05) is 38.4 Å². The monoisotopic (exact) mass is 504 g/mol. The molecule has 1 N–H and O–H groups in total. The van der Waals surface area contributed by atoms with Crippen LogP contribution < -0.4 is 9.80 Å². The van der Waals surface area contributed by atoms with Crippen molar-refractivity contribution in [1.29, 1.82) is 0 Å². The van der Waals surface area contributed by atoms with E-state index in [0.29, 0.717) is 31.0 Å². The number of hydrogen-bond donors (Lipinski definition) is 1. The number of rotatable bonds is 8. The van der Waals surface area contributed by atoms with Crippen molar-refractivity contribution < 1.29 is 14.3 Å². The van der Waals surface area contributed by atoms with Gasteiger partial charge in [-0.05, 0) is 56.8 Å². The third-order valence-electron chi connectivity index (χ3n) is 7.20. The molecule has 0 spiro atoms. The van der Waals surface area contributed by atoms with E-state index in [-0.39, 0.29) is 17.8 Å². The third kappa shape index (κ3) is 6.12. The van der Waals surface area contributed by atoms with Crippen LogP contribution in [0.1, 0.15) is 23.8 Å². The van der Waals surface area contributed by atoms with Gasteiger partial charge < -0.3 is 24.7 Å². The Labute approximate surface area is 219 Å². The van der Waals surface area contributed by atoms with Crippen LogP contribution in [0.4, 0.5) is 15.8 Å². The largest absolute Gasteiger partial charge is 0.369 e. The van der Waals surface area contributed by atoms with Gasteiger partial charge in [-0.25, -0.2) is 4.39 Å². The molecule has 4 rings (SSSR count). The van der Waals surface area contributed by atoms with Crippen molar-refractivity contribution >= 4 is 17.3 Å². The van der Waals surface area contributed by atoms with E-state index in [1.54, 1.807) is 22.9 Å². The second-order valence-electron chi connectivity index (χ2n) is 10.2. The van der Waals surface area contributed by atoms with Crippen molar-refractivity contribution in [2.45, 2.75) is 25.6 Å². The number of carbonyl (C=O) groups is 1. The molecule has 7 heteroatoms. The predicted molar refractivity (Wildman–Crippen MR) is 148 cm³/mol. The Morgan fingerprint density at radius 2 is 1.62 bits per heavy atom. The lowest BCUT2D eigenvalue weighted by Crippen LogP contribution is -2.43. The maximum Gasteiger partial charge on any atom is 0.236 e. The fourth-order valence-electron chi connectivity index (χ4n) is 4.79. The Bertz CT molecular complexity index is 1210. The fourth-order valence-corrected chi connectivity index (χ4v) is 4.79. The maximum atomic E-state index is 15.2. The fraction of sp³-hybridized carbons (Fsp3) is 0.367. The zero-order chi connectivity index (χ0) is 26.7. The molecular formula is C30H37FN4O2. The van der Waals surface area contributed by atoms with E-state index in [0.717, 1.165) is 23.1 Å². The van der Waals surface area contributed by atoms with Crippen molar-refractivity contribution in [1.82, 2.24) is 9.80 Å². The van der Waals surface area contributed by atoms with Crippen LogP contribution in [0, 0.1) is 12.7 Å². The summed E-state index contributed by atoms with van der Waals surface area (Å²) >= 11 is 0. The average Bonchev–Trinajstić information content (AvgIpc) is 3.37. The molecule has 37 heavy (non-hydrogen) atoms. The number of benzene rings is 3. The summed E-state index contributed by atoms with van der Waals surface area (Å²) in [5.41, 5.74) is 5.25. The number of aliphatic hydroxyl groups is 1. The average molecular weight is 505 g/mol. The van der Waals surface area contributed by atoms with Gasteiger partial charge >= 0.3 is 0 Å². The van der Waals surface area contributed by atoms with Crippen LogP contribution in [0.2, 0.25) is 0 Å². The summed E-state index contributed by atoms with van der Waals surface area (Å²) < 4.78 is 15.2. The topological polar surface area (TPSA) is 50.3 Å². The number of carbonyl (C=O) groups excluding carboxylic acids is 1. The standard InChI is InChI=1S/C30H37FN4O2/c1-21-6-8-22(9-7-21)23-10-12-24(13-11-23)30(37)34(5)25-14-15-28(27(31)18-25)35-17-16-26(19-35)33(4)29(36)20-32(2)3/h6-15,18,26,30,37H,16-17,19-20H2,1-5H3/t26-,30?/m0/s1. The molecule has 1 aliphatic heterocycles. The summed E-state index contributed by atoms with van der Waals surface area (Å²) in [6, 6.07) is 21.2. The molecule has 0 bridgehead atoms. The highest BCUT2D eigenvalue weighted by molar-refractivity contribution is 5.78. The molecular weight excluding hydrogens is 467 g/mol. The van der Waals surface area contributed by atoms with Crippen molar-refractivity contribution in [2.75, 3.05) is 57.6 Å². The van der Waals surface area contributed by atoms with Gasteiger partial charge in [-0.15, -0.1) is 0 Å². The SMILES string of the molecule is Cc1ccc(-c2ccc(C(O)N(C)c3ccc(N4CC[C@H](N(C)C(=O)CN(C)C)C4)c(F)c3)cc2)cc1. The number of aryl methyl sites for hydroxylation is 1. The normalized spacial score (nSPS) is 16.2. The number of nitrogens with zero attached hydrogens (tertiary/aromatic N) is 4. The summed E-state index contributed by atoms with van der Waals surface area (Å²) in [6.07, 6.45) is -0.113. The van der Waals surface area contributed by atoms with Gasteiger partial charge in [-0.2, -0.15) is 0 Å². The van der Waals surface area contributed by atoms with Crippen molar-refractivity contribution in [3.8, 4) is 11.1 Å². The van der Waals surface area contributed by atoms with Crippen LogP contribution in [0.5, 0.6) is 0 Å². The van der Waals surface area contributed by atoms with Crippen LogP contribution in [-0.2, 0) is 4.79 Å². The summed E-state index contributed by atoms with van der Waals surface area (Å²) in [5, 5.41) is 11.0. The zero-order valence-electron chi connectivity index (χ0n) is 22.4. The molecule has 1 fully saturated rings. The minimum Gasteiger partial charge on any atom is -0.369 e. The minimum absolute atomic E-state index is 0.0545. The second-order valence-corrected chi connectivity index (χ2v) is 10.2. The molecule has 3 aromatic rings. The van der Waals surface area contributed by atoms with E-state index < -0.39 is 6.23 Å². The van der Waals surface area contributed by atoms with E-state index in [2.05, 4.69) is 31.2 Å². The number of anilines is 2. The van der Waals surface area contributed by atoms with E-state index in [1.807, 2.05) is 61.3 Å². The van der Waals surface area contributed by atoms with Gasteiger partial charge in [-0.3, -0.25) is 4.79 Å². The number of amides is 1. The Balaban J connectivity index is 1.42. The van der Waals surface area contributed by atoms with Crippen LogP contribution in [0.15, 0.2) is 66.7 Å². The molecule has 0 aromatic heterocycles. The van der Waals surface area contributed by atoms with Gasteiger partial charge in [0.1, 0.15) is 5.82 Å². The lowest BCUT2D eigenvalue weighted by molar-refractivity contribution is -0.132.